The van der Waals surface area contributed by atoms with Gasteiger partial charge in [-0.1, -0.05) is 37.7 Å². The molecular weight excluding hydrogens is 355 g/mol. The van der Waals surface area contributed by atoms with Crippen molar-refractivity contribution in [3.63, 3.8) is 0 Å². The first-order valence-electron chi connectivity index (χ1n) is 10.3. The van der Waals surface area contributed by atoms with E-state index < -0.39 is 0 Å². The van der Waals surface area contributed by atoms with E-state index in [0.717, 1.165) is 11.3 Å². The summed E-state index contributed by atoms with van der Waals surface area (Å²) in [6, 6.07) is 12.8. The fraction of sp³-hybridized carbons (Fsp3) is 0.478. The average molecular weight is 387 g/mol. The lowest BCUT2D eigenvalue weighted by atomic mass is 9.93. The number of nitrogens with one attached hydrogen (secondary N) is 2. The van der Waals surface area contributed by atoms with Crippen LogP contribution in [0.5, 0.6) is 0 Å². The molecule has 2 aromatic carbocycles. The molecule has 27 heavy (non-hydrogen) atoms. The van der Waals surface area contributed by atoms with Crippen LogP contribution >= 0.6 is 11.8 Å². The maximum atomic E-state index is 13.9. The molecule has 0 bridgehead atoms. The van der Waals surface area contributed by atoms with Crippen molar-refractivity contribution in [2.45, 2.75) is 48.9 Å². The van der Waals surface area contributed by atoms with Crippen LogP contribution in [0.2, 0.25) is 0 Å². The third kappa shape index (κ3) is 3.94. The van der Waals surface area contributed by atoms with Gasteiger partial charge in [0.05, 0.1) is 6.54 Å². The highest BCUT2D eigenvalue weighted by Crippen LogP contribution is 2.41. The Labute approximate surface area is 166 Å². The molecule has 0 radical (unpaired) electrons. The maximum Gasteiger partial charge on any atom is 0.128 e. The van der Waals surface area contributed by atoms with E-state index in [9.17, 15) is 4.39 Å². The van der Waals surface area contributed by atoms with E-state index in [1.807, 2.05) is 6.07 Å². The zero-order valence-electron chi connectivity index (χ0n) is 16.6. The van der Waals surface area contributed by atoms with Crippen molar-refractivity contribution >= 4 is 11.8 Å². The Balaban J connectivity index is 1.74. The van der Waals surface area contributed by atoms with Gasteiger partial charge in [-0.15, -0.1) is 0 Å². The van der Waals surface area contributed by atoms with Crippen LogP contribution in [-0.4, -0.2) is 32.7 Å². The molecule has 4 rings (SSSR count). The SMILES string of the molecule is CC[NH+]1CC[NH+]([C@@H]2Cc3ccc(F)cc3Sc3ccc(C(C)C)cc32)CC1. The standard InChI is InChI=1S/C23H29FN2S/c1-4-25-9-11-26(12-10-25)21-14-18-5-7-19(24)15-23(18)27-22-8-6-17(16(2)3)13-20(21)22/h5-8,13,15-16,21H,4,9-12,14H2,1-3H3/p+2/t21-/m1/s1. The number of hydrogen-bond donors (Lipinski definition) is 2. The highest BCUT2D eigenvalue weighted by molar-refractivity contribution is 7.99. The summed E-state index contributed by atoms with van der Waals surface area (Å²) in [5.41, 5.74) is 4.18. The van der Waals surface area contributed by atoms with Gasteiger partial charge in [-0.2, -0.15) is 0 Å². The zero-order valence-corrected chi connectivity index (χ0v) is 17.5. The normalized spacial score (nSPS) is 25.0. The summed E-state index contributed by atoms with van der Waals surface area (Å²) in [7, 11) is 0. The summed E-state index contributed by atoms with van der Waals surface area (Å²) in [4.78, 5) is 5.83. The number of halogens is 1. The lowest BCUT2D eigenvalue weighted by molar-refractivity contribution is -1.03. The summed E-state index contributed by atoms with van der Waals surface area (Å²) < 4.78 is 13.9. The molecule has 0 saturated carbocycles. The second-order valence-corrected chi connectivity index (χ2v) is 9.41. The number of likely N-dealkylation sites (N-methyl/N-ethyl adjacent to an activating group) is 1. The van der Waals surface area contributed by atoms with E-state index in [-0.39, 0.29) is 5.82 Å². The summed E-state index contributed by atoms with van der Waals surface area (Å²) in [6.45, 7) is 13.0. The molecule has 0 amide bonds. The Kier molecular flexibility index (Phi) is 5.58. The number of fused-ring (bicyclic) bond motifs is 2. The second-order valence-electron chi connectivity index (χ2n) is 8.32. The molecule has 2 aromatic rings. The van der Waals surface area contributed by atoms with Gasteiger partial charge in [0.25, 0.3) is 0 Å². The largest absolute Gasteiger partial charge is 0.326 e. The lowest BCUT2D eigenvalue weighted by Gasteiger charge is -2.35. The summed E-state index contributed by atoms with van der Waals surface area (Å²) >= 11 is 1.75. The van der Waals surface area contributed by atoms with E-state index in [1.54, 1.807) is 33.7 Å². The molecule has 2 nitrogen and oxygen atoms in total. The Morgan fingerprint density at radius 1 is 1.04 bits per heavy atom. The molecule has 2 heterocycles. The minimum atomic E-state index is -0.132. The molecule has 2 N–H and O–H groups in total. The van der Waals surface area contributed by atoms with Gasteiger partial charge in [0.15, 0.2) is 0 Å². The fourth-order valence-corrected chi connectivity index (χ4v) is 5.67. The van der Waals surface area contributed by atoms with Crippen molar-refractivity contribution in [2.75, 3.05) is 32.7 Å². The first kappa shape index (κ1) is 19.0. The molecule has 0 unspecified atom stereocenters. The van der Waals surface area contributed by atoms with Crippen molar-refractivity contribution in [2.24, 2.45) is 0 Å². The van der Waals surface area contributed by atoms with Crippen molar-refractivity contribution < 1.29 is 14.2 Å². The molecule has 1 saturated heterocycles. The smallest absolute Gasteiger partial charge is 0.128 e. The molecule has 2 aliphatic heterocycles. The Hall–Kier alpha value is -1.36. The number of rotatable bonds is 3. The van der Waals surface area contributed by atoms with E-state index in [1.165, 1.54) is 54.3 Å². The minimum Gasteiger partial charge on any atom is -0.326 e. The Bertz CT molecular complexity index is 812. The van der Waals surface area contributed by atoms with Crippen LogP contribution < -0.4 is 9.80 Å². The second kappa shape index (κ2) is 7.94. The van der Waals surface area contributed by atoms with Gasteiger partial charge < -0.3 is 9.80 Å². The Morgan fingerprint density at radius 3 is 2.52 bits per heavy atom. The van der Waals surface area contributed by atoms with Crippen molar-refractivity contribution in [1.29, 1.82) is 0 Å². The van der Waals surface area contributed by atoms with Crippen LogP contribution in [0.15, 0.2) is 46.2 Å². The molecule has 144 valence electrons. The van der Waals surface area contributed by atoms with Gasteiger partial charge in [0.2, 0.25) is 0 Å². The van der Waals surface area contributed by atoms with Crippen LogP contribution in [0.4, 0.5) is 4.39 Å². The van der Waals surface area contributed by atoms with Crippen LogP contribution in [0, 0.1) is 5.82 Å². The molecule has 1 atom stereocenters. The first-order chi connectivity index (χ1) is 13.0. The first-order valence-corrected chi connectivity index (χ1v) is 11.1. The number of quaternary nitrogens is 2. The number of piperazine rings is 1. The van der Waals surface area contributed by atoms with Gasteiger partial charge in [-0.3, -0.25) is 0 Å². The zero-order chi connectivity index (χ0) is 19.0. The molecule has 4 heteroatoms. The number of hydrogen-bond acceptors (Lipinski definition) is 1. The third-order valence-electron chi connectivity index (χ3n) is 6.34. The number of benzene rings is 2. The van der Waals surface area contributed by atoms with E-state index in [2.05, 4.69) is 39.0 Å². The molecule has 0 aliphatic carbocycles. The van der Waals surface area contributed by atoms with Gasteiger partial charge in [-0.05, 0) is 48.2 Å². The molecule has 1 fully saturated rings. The molecule has 0 aromatic heterocycles. The van der Waals surface area contributed by atoms with Crippen LogP contribution in [0.25, 0.3) is 0 Å². The summed E-state index contributed by atoms with van der Waals surface area (Å²) in [5, 5.41) is 0. The quantitative estimate of drug-likeness (QED) is 0.824. The van der Waals surface area contributed by atoms with Crippen LogP contribution in [0.3, 0.4) is 0 Å². The lowest BCUT2D eigenvalue weighted by Crippen LogP contribution is -3.28. The maximum absolute atomic E-state index is 13.9. The summed E-state index contributed by atoms with van der Waals surface area (Å²) in [6.07, 6.45) is 1.01. The van der Waals surface area contributed by atoms with E-state index in [0.29, 0.717) is 12.0 Å². The monoisotopic (exact) mass is 386 g/mol. The molecule has 2 aliphatic rings. The molecular formula is C23H31FN2S+2. The van der Waals surface area contributed by atoms with Crippen LogP contribution in [-0.2, 0) is 6.42 Å². The van der Waals surface area contributed by atoms with Crippen molar-refractivity contribution in [3.8, 4) is 0 Å². The fourth-order valence-electron chi connectivity index (χ4n) is 4.52. The van der Waals surface area contributed by atoms with Gasteiger partial charge in [-0.25, -0.2) is 4.39 Å². The summed E-state index contributed by atoms with van der Waals surface area (Å²) in [5.74, 6) is 0.396. The Morgan fingerprint density at radius 2 is 1.81 bits per heavy atom. The van der Waals surface area contributed by atoms with Crippen LogP contribution in [0.1, 0.15) is 49.4 Å². The molecule has 0 spiro atoms. The van der Waals surface area contributed by atoms with E-state index in [4.69, 9.17) is 0 Å². The van der Waals surface area contributed by atoms with E-state index >= 15 is 0 Å². The predicted molar refractivity (Wildman–Crippen MR) is 109 cm³/mol. The van der Waals surface area contributed by atoms with Gasteiger partial charge in [0, 0.05) is 21.8 Å². The highest BCUT2D eigenvalue weighted by Gasteiger charge is 2.34. The minimum absolute atomic E-state index is 0.132. The predicted octanol–water partition coefficient (Wildman–Crippen LogP) is 2.50. The van der Waals surface area contributed by atoms with Crippen molar-refractivity contribution in [3.05, 3.63) is 58.9 Å². The van der Waals surface area contributed by atoms with Gasteiger partial charge in [0.1, 0.15) is 38.0 Å². The van der Waals surface area contributed by atoms with Crippen molar-refractivity contribution in [1.82, 2.24) is 0 Å². The highest BCUT2D eigenvalue weighted by atomic mass is 32.2. The topological polar surface area (TPSA) is 8.88 Å². The van der Waals surface area contributed by atoms with Gasteiger partial charge >= 0.3 is 0 Å². The third-order valence-corrected chi connectivity index (χ3v) is 7.53. The average Bonchev–Trinajstić information content (AvgIpc) is 2.83.